The molecule has 0 saturated heterocycles. The van der Waals surface area contributed by atoms with E-state index < -0.39 is 23.6 Å². The lowest BCUT2D eigenvalue weighted by Gasteiger charge is -2.10. The van der Waals surface area contributed by atoms with Crippen LogP contribution in [0.3, 0.4) is 0 Å². The molecule has 0 N–H and O–H groups in total. The average Bonchev–Trinajstić information content (AvgIpc) is 2.28. The van der Waals surface area contributed by atoms with Gasteiger partial charge in [-0.3, -0.25) is 0 Å². The zero-order valence-corrected chi connectivity index (χ0v) is 5.89. The molecular formula is C4H2BF6N2-. The molecule has 13 heavy (non-hydrogen) atoms. The second-order valence-electron chi connectivity index (χ2n) is 2.23. The third-order valence-corrected chi connectivity index (χ3v) is 1.20. The van der Waals surface area contributed by atoms with Gasteiger partial charge >= 0.3 is 13.3 Å². The van der Waals surface area contributed by atoms with Crippen LogP contribution in [0.1, 0.15) is 0 Å². The molecule has 0 aliphatic carbocycles. The molecule has 0 atom stereocenters. The van der Waals surface area contributed by atoms with Crippen molar-refractivity contribution in [3.05, 3.63) is 12.3 Å². The molecule has 0 saturated carbocycles. The average molecular weight is 203 g/mol. The molecule has 0 fully saturated rings. The van der Waals surface area contributed by atoms with Crippen LogP contribution in [0, 0.1) is 0 Å². The molecule has 0 radical (unpaired) electrons. The highest BCUT2D eigenvalue weighted by Gasteiger charge is 2.35. The van der Waals surface area contributed by atoms with Crippen molar-refractivity contribution in [2.75, 3.05) is 0 Å². The molecule has 0 amide bonds. The van der Waals surface area contributed by atoms with Gasteiger partial charge in [0.2, 0.25) is 0 Å². The van der Waals surface area contributed by atoms with Crippen LogP contribution in [0.5, 0.6) is 0 Å². The normalized spacial score (nSPS) is 13.4. The summed E-state index contributed by atoms with van der Waals surface area (Å²) in [4.78, 5) is 0. The molecule has 1 heterocycles. The molecule has 0 bridgehead atoms. The number of hydrogen-bond acceptors (Lipinski definition) is 1. The van der Waals surface area contributed by atoms with Gasteiger partial charge in [0.1, 0.15) is 0 Å². The number of nitrogens with zero attached hydrogens (tertiary/aromatic N) is 2. The summed E-state index contributed by atoms with van der Waals surface area (Å²) in [5, 5.41) is 2.35. The molecule has 1 aromatic rings. The van der Waals surface area contributed by atoms with Gasteiger partial charge in [-0.2, -0.15) is 4.68 Å². The molecule has 0 unspecified atom stereocenters. The van der Waals surface area contributed by atoms with Gasteiger partial charge < -0.3 is 12.9 Å². The Balaban J connectivity index is 3.01. The highest BCUT2D eigenvalue weighted by Crippen LogP contribution is 2.20. The molecule has 9 heteroatoms. The largest absolute Gasteiger partial charge is 0.529 e. The number of rotatable bonds is 1. The van der Waals surface area contributed by atoms with Gasteiger partial charge in [-0.25, -0.2) is 5.10 Å². The Hall–Kier alpha value is -1.15. The number of alkyl halides is 3. The molecule has 0 spiro atoms. The number of aromatic nitrogens is 2. The van der Waals surface area contributed by atoms with Crippen molar-refractivity contribution in [2.24, 2.45) is 0 Å². The lowest BCUT2D eigenvalue weighted by molar-refractivity contribution is -0.212. The summed E-state index contributed by atoms with van der Waals surface area (Å²) in [7, 11) is 0. The van der Waals surface area contributed by atoms with E-state index >= 15 is 0 Å². The van der Waals surface area contributed by atoms with Crippen molar-refractivity contribution in [1.82, 2.24) is 9.78 Å². The first-order chi connectivity index (χ1) is 5.71. The molecule has 0 aliphatic heterocycles. The zero-order chi connectivity index (χ0) is 10.3. The topological polar surface area (TPSA) is 17.8 Å². The molecule has 2 nitrogen and oxygen atoms in total. The maximum Gasteiger partial charge on any atom is 0.529 e. The summed E-state index contributed by atoms with van der Waals surface area (Å²) in [5.41, 5.74) is -1.50. The first-order valence-corrected chi connectivity index (χ1v) is 3.04. The standard InChI is InChI=1S/C4H2BF6N2/c6-4(7,8)13-2-1-3(12-13)5(9,10)11/h1-2H/q-1. The zero-order valence-electron chi connectivity index (χ0n) is 5.89. The van der Waals surface area contributed by atoms with Gasteiger partial charge in [0.05, 0.1) is 0 Å². The van der Waals surface area contributed by atoms with Gasteiger partial charge in [-0.05, 0) is 0 Å². The van der Waals surface area contributed by atoms with E-state index in [2.05, 4.69) is 5.10 Å². The van der Waals surface area contributed by atoms with Crippen LogP contribution < -0.4 is 5.59 Å². The van der Waals surface area contributed by atoms with Crippen molar-refractivity contribution in [1.29, 1.82) is 0 Å². The minimum Gasteiger partial charge on any atom is -0.444 e. The first kappa shape index (κ1) is 9.94. The van der Waals surface area contributed by atoms with Gasteiger partial charge in [0.25, 0.3) is 0 Å². The summed E-state index contributed by atoms with van der Waals surface area (Å²) < 4.78 is 69.9. The van der Waals surface area contributed by atoms with Crippen LogP contribution in [-0.2, 0) is 6.30 Å². The van der Waals surface area contributed by atoms with E-state index in [1.807, 2.05) is 0 Å². The van der Waals surface area contributed by atoms with Crippen molar-refractivity contribution in [2.45, 2.75) is 6.30 Å². The molecule has 1 rings (SSSR count). The summed E-state index contributed by atoms with van der Waals surface area (Å²) in [5.74, 6) is 0. The van der Waals surface area contributed by atoms with E-state index in [0.717, 1.165) is 0 Å². The molecular weight excluding hydrogens is 201 g/mol. The third-order valence-electron chi connectivity index (χ3n) is 1.20. The lowest BCUT2D eigenvalue weighted by Crippen LogP contribution is -2.36. The monoisotopic (exact) mass is 203 g/mol. The maximum absolute atomic E-state index is 11.8. The number of halogens is 6. The molecule has 0 aromatic carbocycles. The van der Waals surface area contributed by atoms with Crippen LogP contribution in [0.15, 0.2) is 12.3 Å². The summed E-state index contributed by atoms with van der Waals surface area (Å²) in [6.45, 7) is -5.47. The van der Waals surface area contributed by atoms with E-state index in [1.54, 1.807) is 0 Å². The van der Waals surface area contributed by atoms with E-state index in [1.165, 1.54) is 0 Å². The van der Waals surface area contributed by atoms with Crippen LogP contribution in [0.2, 0.25) is 0 Å². The molecule has 1 aromatic heterocycles. The third kappa shape index (κ3) is 2.16. The highest BCUT2D eigenvalue weighted by atomic mass is 19.4. The Morgan fingerprint density at radius 3 is 2.00 bits per heavy atom. The van der Waals surface area contributed by atoms with Crippen LogP contribution >= 0.6 is 0 Å². The van der Waals surface area contributed by atoms with Crippen molar-refractivity contribution < 1.29 is 26.1 Å². The SMILES string of the molecule is F[B-](F)(F)c1ccn(C(F)(F)F)n1. The lowest BCUT2D eigenvalue weighted by atomic mass is 9.87. The predicted molar refractivity (Wildman–Crippen MR) is 32.2 cm³/mol. The minimum atomic E-state index is -5.47. The van der Waals surface area contributed by atoms with Gasteiger partial charge in [0.15, 0.2) is 0 Å². The predicted octanol–water partition coefficient (Wildman–Crippen LogP) is 1.41. The Morgan fingerprint density at radius 2 is 1.77 bits per heavy atom. The summed E-state index contributed by atoms with van der Waals surface area (Å²) in [6.07, 6.45) is -4.68. The summed E-state index contributed by atoms with van der Waals surface area (Å²) >= 11 is 0. The Bertz CT molecular complexity index is 270. The van der Waals surface area contributed by atoms with E-state index in [9.17, 15) is 26.1 Å². The van der Waals surface area contributed by atoms with Crippen molar-refractivity contribution >= 4 is 12.6 Å². The quantitative estimate of drug-likeness (QED) is 0.498. The van der Waals surface area contributed by atoms with Crippen molar-refractivity contribution in [3.8, 4) is 0 Å². The fourth-order valence-electron chi connectivity index (χ4n) is 0.654. The number of hydrogen-bond donors (Lipinski definition) is 0. The summed E-state index contributed by atoms with van der Waals surface area (Å²) in [6, 6.07) is 0.285. The van der Waals surface area contributed by atoms with Crippen LogP contribution in [0.25, 0.3) is 0 Å². The molecule has 0 aliphatic rings. The Kier molecular flexibility index (Phi) is 2.04. The van der Waals surface area contributed by atoms with Gasteiger partial charge in [-0.1, -0.05) is 6.07 Å². The first-order valence-electron chi connectivity index (χ1n) is 3.04. The highest BCUT2D eigenvalue weighted by molar-refractivity contribution is 6.72. The fraction of sp³-hybridized carbons (Fsp3) is 0.250. The van der Waals surface area contributed by atoms with Gasteiger partial charge in [-0.15, -0.1) is 13.2 Å². The second-order valence-corrected chi connectivity index (χ2v) is 2.23. The van der Waals surface area contributed by atoms with E-state index in [4.69, 9.17) is 0 Å². The van der Waals surface area contributed by atoms with E-state index in [-0.39, 0.29) is 12.3 Å². The Morgan fingerprint density at radius 1 is 1.23 bits per heavy atom. The molecule has 74 valence electrons. The van der Waals surface area contributed by atoms with Crippen LogP contribution in [-0.4, -0.2) is 16.8 Å². The van der Waals surface area contributed by atoms with Gasteiger partial charge in [0, 0.05) is 11.8 Å². The van der Waals surface area contributed by atoms with E-state index in [0.29, 0.717) is 0 Å². The maximum atomic E-state index is 11.8. The Labute approximate surface area is 68.2 Å². The second kappa shape index (κ2) is 2.67. The van der Waals surface area contributed by atoms with Crippen LogP contribution in [0.4, 0.5) is 26.1 Å². The minimum absolute atomic E-state index is 0.227. The smallest absolute Gasteiger partial charge is 0.444 e. The fourth-order valence-corrected chi connectivity index (χ4v) is 0.654. The van der Waals surface area contributed by atoms with Crippen molar-refractivity contribution in [3.63, 3.8) is 0 Å².